The minimum absolute atomic E-state index is 0.0483. The highest BCUT2D eigenvalue weighted by atomic mass is 32.1. The number of nitrogens with two attached hydrogens (primary N) is 1. The van der Waals surface area contributed by atoms with Crippen molar-refractivity contribution in [2.45, 2.75) is 20.3 Å². The number of hydrogen-bond acceptors (Lipinski definition) is 4. The van der Waals surface area contributed by atoms with E-state index in [1.54, 1.807) is 12.3 Å². The first-order valence-electron chi connectivity index (χ1n) is 6.19. The van der Waals surface area contributed by atoms with Gasteiger partial charge in [-0.25, -0.2) is 4.98 Å². The van der Waals surface area contributed by atoms with E-state index in [4.69, 9.17) is 5.73 Å². The molecule has 20 heavy (non-hydrogen) atoms. The van der Waals surface area contributed by atoms with Gasteiger partial charge in [0.25, 0.3) is 5.91 Å². The highest BCUT2D eigenvalue weighted by Gasteiger charge is 2.11. The average molecular weight is 292 g/mol. The van der Waals surface area contributed by atoms with Crippen molar-refractivity contribution in [3.8, 4) is 11.3 Å². The molecule has 0 aliphatic heterocycles. The van der Waals surface area contributed by atoms with Crippen LogP contribution in [0.4, 0.5) is 5.13 Å². The van der Waals surface area contributed by atoms with Crippen LogP contribution in [0.15, 0.2) is 17.6 Å². The molecule has 0 bridgehead atoms. The molecule has 2 aromatic rings. The molecule has 106 valence electrons. The zero-order valence-corrected chi connectivity index (χ0v) is 12.1. The number of hydrogen-bond donors (Lipinski definition) is 3. The average Bonchev–Trinajstić information content (AvgIpc) is 2.94. The van der Waals surface area contributed by atoms with Crippen molar-refractivity contribution in [1.29, 1.82) is 0 Å². The van der Waals surface area contributed by atoms with Gasteiger partial charge in [-0.2, -0.15) is 0 Å². The Morgan fingerprint density at radius 1 is 1.50 bits per heavy atom. The van der Waals surface area contributed by atoms with Gasteiger partial charge < -0.3 is 16.0 Å². The van der Waals surface area contributed by atoms with E-state index in [1.807, 2.05) is 19.2 Å². The third kappa shape index (κ3) is 3.45. The number of nitrogens with one attached hydrogen (secondary N) is 2. The number of carbonyl (C=O) groups is 2. The van der Waals surface area contributed by atoms with Crippen molar-refractivity contribution >= 4 is 28.3 Å². The SMILES string of the molecule is CC(C)CC(=O)Nc1nc(-c2c[nH]c(C(N)=O)c2)cs1. The summed E-state index contributed by atoms with van der Waals surface area (Å²) in [5.74, 6) is -0.262. The smallest absolute Gasteiger partial charge is 0.265 e. The number of H-pyrrole nitrogens is 1. The van der Waals surface area contributed by atoms with E-state index in [2.05, 4.69) is 15.3 Å². The lowest BCUT2D eigenvalue weighted by Gasteiger charge is -2.03. The fourth-order valence-electron chi connectivity index (χ4n) is 1.69. The summed E-state index contributed by atoms with van der Waals surface area (Å²) in [5, 5.41) is 5.13. The lowest BCUT2D eigenvalue weighted by molar-refractivity contribution is -0.116. The van der Waals surface area contributed by atoms with Gasteiger partial charge in [-0.05, 0) is 12.0 Å². The highest BCUT2D eigenvalue weighted by Crippen LogP contribution is 2.25. The van der Waals surface area contributed by atoms with Crippen molar-refractivity contribution in [3.05, 3.63) is 23.3 Å². The summed E-state index contributed by atoms with van der Waals surface area (Å²) in [6, 6.07) is 1.64. The molecule has 6 nitrogen and oxygen atoms in total. The number of primary amides is 1. The van der Waals surface area contributed by atoms with Crippen LogP contribution in [0.25, 0.3) is 11.3 Å². The minimum Gasteiger partial charge on any atom is -0.364 e. The summed E-state index contributed by atoms with van der Waals surface area (Å²) in [7, 11) is 0. The highest BCUT2D eigenvalue weighted by molar-refractivity contribution is 7.14. The Balaban J connectivity index is 2.08. The van der Waals surface area contributed by atoms with Gasteiger partial charge in [-0.3, -0.25) is 9.59 Å². The molecule has 0 aliphatic carbocycles. The van der Waals surface area contributed by atoms with Crippen molar-refractivity contribution in [2.75, 3.05) is 5.32 Å². The molecule has 7 heteroatoms. The first kappa shape index (κ1) is 14.3. The van der Waals surface area contributed by atoms with Crippen LogP contribution in [0.1, 0.15) is 30.8 Å². The molecule has 0 aliphatic rings. The fourth-order valence-corrected chi connectivity index (χ4v) is 2.43. The second kappa shape index (κ2) is 5.87. The molecule has 0 atom stereocenters. The fraction of sp³-hybridized carbons (Fsp3) is 0.308. The van der Waals surface area contributed by atoms with Gasteiger partial charge in [0.2, 0.25) is 5.91 Å². The van der Waals surface area contributed by atoms with Crippen LogP contribution in [0.2, 0.25) is 0 Å². The van der Waals surface area contributed by atoms with Gasteiger partial charge in [0.1, 0.15) is 5.69 Å². The number of nitrogens with zero attached hydrogens (tertiary/aromatic N) is 1. The molecule has 0 saturated heterocycles. The monoisotopic (exact) mass is 292 g/mol. The second-order valence-electron chi connectivity index (χ2n) is 4.85. The van der Waals surface area contributed by atoms with Gasteiger partial charge >= 0.3 is 0 Å². The lowest BCUT2D eigenvalue weighted by Crippen LogP contribution is -2.13. The summed E-state index contributed by atoms with van der Waals surface area (Å²) in [5.41, 5.74) is 6.97. The van der Waals surface area contributed by atoms with Crippen LogP contribution in [-0.4, -0.2) is 21.8 Å². The van der Waals surface area contributed by atoms with E-state index in [-0.39, 0.29) is 5.91 Å². The molecule has 0 saturated carbocycles. The van der Waals surface area contributed by atoms with Crippen LogP contribution in [0.5, 0.6) is 0 Å². The first-order valence-corrected chi connectivity index (χ1v) is 7.07. The van der Waals surface area contributed by atoms with E-state index in [0.29, 0.717) is 28.9 Å². The van der Waals surface area contributed by atoms with Gasteiger partial charge in [0.15, 0.2) is 5.13 Å². The molecular formula is C13H16N4O2S. The van der Waals surface area contributed by atoms with Gasteiger partial charge in [0.05, 0.1) is 5.69 Å². The van der Waals surface area contributed by atoms with E-state index in [1.165, 1.54) is 11.3 Å². The molecule has 0 fully saturated rings. The maximum absolute atomic E-state index is 11.7. The number of rotatable bonds is 5. The summed E-state index contributed by atoms with van der Waals surface area (Å²) in [6.45, 7) is 3.97. The summed E-state index contributed by atoms with van der Waals surface area (Å²) >= 11 is 1.34. The molecule has 0 spiro atoms. The van der Waals surface area contributed by atoms with E-state index in [0.717, 1.165) is 5.56 Å². The Bertz CT molecular complexity index is 630. The van der Waals surface area contributed by atoms with Crippen LogP contribution in [-0.2, 0) is 4.79 Å². The predicted molar refractivity (Wildman–Crippen MR) is 78.5 cm³/mol. The van der Waals surface area contributed by atoms with Crippen LogP contribution >= 0.6 is 11.3 Å². The predicted octanol–water partition coefficient (Wildman–Crippen LogP) is 2.22. The third-order valence-electron chi connectivity index (χ3n) is 2.59. The zero-order chi connectivity index (χ0) is 14.7. The maximum Gasteiger partial charge on any atom is 0.265 e. The van der Waals surface area contributed by atoms with E-state index < -0.39 is 5.91 Å². The zero-order valence-electron chi connectivity index (χ0n) is 11.3. The Hall–Kier alpha value is -2.15. The van der Waals surface area contributed by atoms with E-state index >= 15 is 0 Å². The molecule has 2 aromatic heterocycles. The molecule has 0 radical (unpaired) electrons. The van der Waals surface area contributed by atoms with Gasteiger partial charge in [-0.1, -0.05) is 13.8 Å². The molecule has 2 amide bonds. The van der Waals surface area contributed by atoms with E-state index in [9.17, 15) is 9.59 Å². The molecule has 2 rings (SSSR count). The number of thiazole rings is 1. The number of anilines is 1. The second-order valence-corrected chi connectivity index (χ2v) is 5.71. The lowest BCUT2D eigenvalue weighted by atomic mass is 10.1. The Kier molecular flexibility index (Phi) is 4.19. The molecular weight excluding hydrogens is 276 g/mol. The normalized spacial score (nSPS) is 10.8. The minimum atomic E-state index is -0.517. The van der Waals surface area contributed by atoms with Crippen molar-refractivity contribution < 1.29 is 9.59 Å². The number of carbonyl (C=O) groups excluding carboxylic acids is 2. The number of aromatic amines is 1. The van der Waals surface area contributed by atoms with Crippen molar-refractivity contribution in [2.24, 2.45) is 11.7 Å². The molecule has 0 aromatic carbocycles. The van der Waals surface area contributed by atoms with Gasteiger partial charge in [-0.15, -0.1) is 11.3 Å². The topological polar surface area (TPSA) is 101 Å². The largest absolute Gasteiger partial charge is 0.364 e. The quantitative estimate of drug-likeness (QED) is 0.787. The third-order valence-corrected chi connectivity index (χ3v) is 3.35. The molecule has 4 N–H and O–H groups in total. The Morgan fingerprint density at radius 2 is 2.25 bits per heavy atom. The van der Waals surface area contributed by atoms with Crippen LogP contribution in [0.3, 0.4) is 0 Å². The summed E-state index contributed by atoms with van der Waals surface area (Å²) in [6.07, 6.45) is 2.12. The van der Waals surface area contributed by atoms with Crippen molar-refractivity contribution in [3.63, 3.8) is 0 Å². The summed E-state index contributed by atoms with van der Waals surface area (Å²) < 4.78 is 0. The van der Waals surface area contributed by atoms with Crippen LogP contribution < -0.4 is 11.1 Å². The molecule has 2 heterocycles. The number of amides is 2. The Morgan fingerprint density at radius 3 is 2.85 bits per heavy atom. The Labute approximate surface area is 120 Å². The van der Waals surface area contributed by atoms with Crippen molar-refractivity contribution in [1.82, 2.24) is 9.97 Å². The van der Waals surface area contributed by atoms with Gasteiger partial charge in [0, 0.05) is 23.6 Å². The molecule has 0 unspecified atom stereocenters. The number of aromatic nitrogens is 2. The first-order chi connectivity index (χ1) is 9.45. The standard InChI is InChI=1S/C13H16N4O2S/c1-7(2)3-11(18)17-13-16-10(6-20-13)8-4-9(12(14)19)15-5-8/h4-7,15H,3H2,1-2H3,(H2,14,19)(H,16,17,18). The van der Waals surface area contributed by atoms with Crippen LogP contribution in [0, 0.1) is 5.92 Å². The maximum atomic E-state index is 11.7. The summed E-state index contributed by atoms with van der Waals surface area (Å²) in [4.78, 5) is 29.8.